The Hall–Kier alpha value is -3.43. The van der Waals surface area contributed by atoms with Gasteiger partial charge in [0.1, 0.15) is 0 Å². The number of urea groups is 1. The van der Waals surface area contributed by atoms with Crippen LogP contribution in [0.3, 0.4) is 0 Å². The number of piperazine rings is 1. The molecule has 2 amide bonds. The van der Waals surface area contributed by atoms with Crippen molar-refractivity contribution in [3.63, 3.8) is 0 Å². The predicted octanol–water partition coefficient (Wildman–Crippen LogP) is 3.16. The maximum Gasteiger partial charge on any atom is 0.339 e. The monoisotopic (exact) mass is 453 g/mol. The molecular weight excluding hydrogens is 430 g/mol. The van der Waals surface area contributed by atoms with Crippen LogP contribution in [0.25, 0.3) is 10.8 Å². The Bertz CT molecular complexity index is 1270. The molecule has 3 aromatic rings. The maximum absolute atomic E-state index is 13.1. The topological polar surface area (TPSA) is 96.0 Å². The molecule has 0 aliphatic carbocycles. The van der Waals surface area contributed by atoms with Crippen molar-refractivity contribution in [2.75, 3.05) is 38.6 Å². The molecule has 0 bridgehead atoms. The third-order valence-electron chi connectivity index (χ3n) is 5.46. The molecule has 1 aliphatic heterocycles. The van der Waals surface area contributed by atoms with E-state index in [-0.39, 0.29) is 36.6 Å². The highest BCUT2D eigenvalue weighted by Gasteiger charge is 2.30. The van der Waals surface area contributed by atoms with E-state index in [1.807, 2.05) is 24.3 Å². The van der Waals surface area contributed by atoms with E-state index < -0.39 is 22.0 Å². The summed E-state index contributed by atoms with van der Waals surface area (Å²) < 4.78 is 32.4. The second-order valence-electron chi connectivity index (χ2n) is 7.37. The molecule has 0 radical (unpaired) electrons. The Kier molecular flexibility index (Phi) is 6.11. The van der Waals surface area contributed by atoms with Gasteiger partial charge in [0.15, 0.2) is 0 Å². The fourth-order valence-electron chi connectivity index (χ4n) is 3.68. The van der Waals surface area contributed by atoms with Crippen LogP contribution in [-0.2, 0) is 14.8 Å². The number of para-hydroxylation sites is 1. The van der Waals surface area contributed by atoms with Crippen LogP contribution in [0.5, 0.6) is 0 Å². The number of nitrogens with zero attached hydrogens (tertiary/aromatic N) is 2. The lowest BCUT2D eigenvalue weighted by Crippen LogP contribution is -2.51. The molecule has 166 valence electrons. The number of esters is 1. The van der Waals surface area contributed by atoms with Crippen LogP contribution in [-0.4, -0.2) is 62.9 Å². The fraction of sp³-hybridized carbons (Fsp3) is 0.217. The van der Waals surface area contributed by atoms with Gasteiger partial charge in [0.2, 0.25) is 10.0 Å². The number of sulfonamides is 1. The summed E-state index contributed by atoms with van der Waals surface area (Å²) in [6.07, 6.45) is 0. The molecule has 1 fully saturated rings. The number of amides is 2. The number of benzene rings is 3. The van der Waals surface area contributed by atoms with Gasteiger partial charge in [-0.15, -0.1) is 0 Å². The predicted molar refractivity (Wildman–Crippen MR) is 121 cm³/mol. The van der Waals surface area contributed by atoms with Crippen molar-refractivity contribution in [1.29, 1.82) is 0 Å². The van der Waals surface area contributed by atoms with Crippen molar-refractivity contribution in [2.45, 2.75) is 4.90 Å². The van der Waals surface area contributed by atoms with Gasteiger partial charge < -0.3 is 15.0 Å². The number of fused-ring (bicyclic) bond motifs is 1. The van der Waals surface area contributed by atoms with Gasteiger partial charge in [-0.05, 0) is 35.0 Å². The van der Waals surface area contributed by atoms with Crippen LogP contribution < -0.4 is 5.32 Å². The molecular formula is C23H23N3O5S. The Morgan fingerprint density at radius 1 is 0.875 bits per heavy atom. The minimum Gasteiger partial charge on any atom is -0.465 e. The average Bonchev–Trinajstić information content (AvgIpc) is 2.83. The molecule has 1 N–H and O–H groups in total. The summed E-state index contributed by atoms with van der Waals surface area (Å²) in [5, 5.41) is 4.55. The second kappa shape index (κ2) is 8.97. The van der Waals surface area contributed by atoms with Crippen LogP contribution in [0.15, 0.2) is 71.6 Å². The molecule has 1 heterocycles. The van der Waals surface area contributed by atoms with E-state index in [0.29, 0.717) is 5.69 Å². The molecule has 0 unspecified atom stereocenters. The van der Waals surface area contributed by atoms with Gasteiger partial charge >= 0.3 is 12.0 Å². The SMILES string of the molecule is COC(=O)c1ccccc1NC(=O)N1CCN(S(=O)(=O)c2ccc3ccccc3c2)CC1. The van der Waals surface area contributed by atoms with Crippen LogP contribution in [0, 0.1) is 0 Å². The summed E-state index contributed by atoms with van der Waals surface area (Å²) in [5.41, 5.74) is 0.594. The van der Waals surface area contributed by atoms with Crippen LogP contribution in [0.2, 0.25) is 0 Å². The smallest absolute Gasteiger partial charge is 0.339 e. The van der Waals surface area contributed by atoms with Crippen molar-refractivity contribution in [3.8, 4) is 0 Å². The van der Waals surface area contributed by atoms with Gasteiger partial charge in [-0.25, -0.2) is 18.0 Å². The molecule has 1 saturated heterocycles. The van der Waals surface area contributed by atoms with Gasteiger partial charge in [-0.2, -0.15) is 4.31 Å². The van der Waals surface area contributed by atoms with Crippen molar-refractivity contribution in [3.05, 3.63) is 72.3 Å². The Labute approximate surface area is 186 Å². The third kappa shape index (κ3) is 4.30. The van der Waals surface area contributed by atoms with E-state index in [1.165, 1.54) is 16.3 Å². The molecule has 0 spiro atoms. The first kappa shape index (κ1) is 21.8. The Morgan fingerprint density at radius 3 is 2.25 bits per heavy atom. The quantitative estimate of drug-likeness (QED) is 0.612. The number of ether oxygens (including phenoxy) is 1. The zero-order valence-electron chi connectivity index (χ0n) is 17.5. The first-order valence-electron chi connectivity index (χ1n) is 10.1. The largest absolute Gasteiger partial charge is 0.465 e. The standard InChI is InChI=1S/C23H23N3O5S/c1-31-22(27)20-8-4-5-9-21(20)24-23(28)25-12-14-26(15-13-25)32(29,30)19-11-10-17-6-2-3-7-18(17)16-19/h2-11,16H,12-15H2,1H3,(H,24,28). The van der Waals surface area contributed by atoms with Crippen molar-refractivity contribution >= 4 is 38.5 Å². The molecule has 0 saturated carbocycles. The van der Waals surface area contributed by atoms with Crippen molar-refractivity contribution < 1.29 is 22.7 Å². The molecule has 0 atom stereocenters. The minimum absolute atomic E-state index is 0.182. The van der Waals surface area contributed by atoms with Crippen LogP contribution in [0.1, 0.15) is 10.4 Å². The highest BCUT2D eigenvalue weighted by Crippen LogP contribution is 2.23. The number of carbonyl (C=O) groups excluding carboxylic acids is 2. The summed E-state index contributed by atoms with van der Waals surface area (Å²) in [5.74, 6) is -0.549. The second-order valence-corrected chi connectivity index (χ2v) is 9.31. The third-order valence-corrected chi connectivity index (χ3v) is 7.35. The highest BCUT2D eigenvalue weighted by molar-refractivity contribution is 7.89. The first-order valence-corrected chi connectivity index (χ1v) is 11.6. The van der Waals surface area contributed by atoms with Crippen molar-refractivity contribution in [2.24, 2.45) is 0 Å². The van der Waals surface area contributed by atoms with Gasteiger partial charge in [-0.3, -0.25) is 0 Å². The fourth-order valence-corrected chi connectivity index (χ4v) is 5.14. The number of nitrogens with one attached hydrogen (secondary N) is 1. The Morgan fingerprint density at radius 2 is 1.53 bits per heavy atom. The molecule has 8 nitrogen and oxygen atoms in total. The van der Waals surface area contributed by atoms with Crippen LogP contribution in [0.4, 0.5) is 10.5 Å². The zero-order valence-corrected chi connectivity index (χ0v) is 18.3. The molecule has 1 aliphatic rings. The lowest BCUT2D eigenvalue weighted by atomic mass is 10.1. The van der Waals surface area contributed by atoms with Crippen molar-refractivity contribution in [1.82, 2.24) is 9.21 Å². The van der Waals surface area contributed by atoms with Crippen LogP contribution >= 0.6 is 0 Å². The van der Waals surface area contributed by atoms with E-state index in [0.717, 1.165) is 10.8 Å². The zero-order chi connectivity index (χ0) is 22.7. The average molecular weight is 454 g/mol. The maximum atomic E-state index is 13.1. The summed E-state index contributed by atoms with van der Waals surface area (Å²) in [6.45, 7) is 0.834. The van der Waals surface area contributed by atoms with Gasteiger partial charge in [0.05, 0.1) is 23.3 Å². The molecule has 0 aromatic heterocycles. The van der Waals surface area contributed by atoms with Gasteiger partial charge in [0, 0.05) is 26.2 Å². The number of anilines is 1. The van der Waals surface area contributed by atoms with E-state index in [2.05, 4.69) is 5.32 Å². The summed E-state index contributed by atoms with van der Waals surface area (Å²) >= 11 is 0. The summed E-state index contributed by atoms with van der Waals surface area (Å²) in [4.78, 5) is 26.4. The number of hydrogen-bond donors (Lipinski definition) is 1. The van der Waals surface area contributed by atoms with Gasteiger partial charge in [0.25, 0.3) is 0 Å². The lowest BCUT2D eigenvalue weighted by Gasteiger charge is -2.34. The Balaban J connectivity index is 1.43. The number of hydrogen-bond acceptors (Lipinski definition) is 5. The highest BCUT2D eigenvalue weighted by atomic mass is 32.2. The molecule has 3 aromatic carbocycles. The van der Waals surface area contributed by atoms with Gasteiger partial charge in [-0.1, -0.05) is 42.5 Å². The molecule has 9 heteroatoms. The van der Waals surface area contributed by atoms with E-state index in [1.54, 1.807) is 42.5 Å². The minimum atomic E-state index is -3.67. The normalized spacial score (nSPS) is 14.8. The first-order chi connectivity index (χ1) is 15.4. The number of carbonyl (C=O) groups is 2. The number of rotatable bonds is 4. The van der Waals surface area contributed by atoms with E-state index in [4.69, 9.17) is 4.74 Å². The summed E-state index contributed by atoms with van der Waals surface area (Å²) in [6, 6.07) is 18.8. The molecule has 4 rings (SSSR count). The van der Waals surface area contributed by atoms with E-state index >= 15 is 0 Å². The number of methoxy groups -OCH3 is 1. The lowest BCUT2D eigenvalue weighted by molar-refractivity contribution is 0.0602. The van der Waals surface area contributed by atoms with E-state index in [9.17, 15) is 18.0 Å². The summed E-state index contributed by atoms with van der Waals surface area (Å²) in [7, 11) is -2.40. The molecule has 32 heavy (non-hydrogen) atoms.